The molecule has 0 atom stereocenters. The first kappa shape index (κ1) is 38.3. The van der Waals surface area contributed by atoms with Gasteiger partial charge in [0.15, 0.2) is 0 Å². The standard InChI is InChI=1S/C39H46BrClN4O6/c1-4-44(30-8-6-5-7-9-30)24-28-20-27(21-34(40)37(28)42)39(48)51-19-17-43-16-18-50-36(46)23-32-25(2)45(35-15-14-31(49-3)22-33(32)35)38(47)26-10-12-29(41)13-11-26/h10-15,20-22,30,43H,4-9,16-19,23-24,42H2,1-3H3. The molecule has 1 aromatic heterocycles. The van der Waals surface area contributed by atoms with Gasteiger partial charge in [0, 0.05) is 51.8 Å². The van der Waals surface area contributed by atoms with Crippen molar-refractivity contribution in [1.29, 1.82) is 0 Å². The third kappa shape index (κ3) is 9.51. The lowest BCUT2D eigenvalue weighted by Crippen LogP contribution is -2.36. The lowest BCUT2D eigenvalue weighted by molar-refractivity contribution is -0.142. The van der Waals surface area contributed by atoms with Crippen molar-refractivity contribution in [3.63, 3.8) is 0 Å². The van der Waals surface area contributed by atoms with Crippen molar-refractivity contribution in [2.75, 3.05) is 45.7 Å². The summed E-state index contributed by atoms with van der Waals surface area (Å²) >= 11 is 9.56. The van der Waals surface area contributed by atoms with Gasteiger partial charge in [-0.1, -0.05) is 37.8 Å². The molecule has 3 aromatic carbocycles. The Hall–Kier alpha value is -3.90. The number of carbonyl (C=O) groups excluding carboxylic acids is 3. The van der Waals surface area contributed by atoms with Crippen molar-refractivity contribution in [1.82, 2.24) is 14.8 Å². The zero-order valence-electron chi connectivity index (χ0n) is 29.4. The Morgan fingerprint density at radius 2 is 1.69 bits per heavy atom. The molecule has 1 aliphatic rings. The first-order valence-corrected chi connectivity index (χ1v) is 18.6. The quantitative estimate of drug-likeness (QED) is 0.0725. The van der Waals surface area contributed by atoms with Crippen LogP contribution in [-0.4, -0.2) is 73.3 Å². The molecule has 3 N–H and O–H groups in total. The van der Waals surface area contributed by atoms with Gasteiger partial charge in [-0.2, -0.15) is 0 Å². The largest absolute Gasteiger partial charge is 0.497 e. The minimum absolute atomic E-state index is 0.0240. The van der Waals surface area contributed by atoms with E-state index >= 15 is 0 Å². The number of methoxy groups -OCH3 is 1. The number of hydrogen-bond donors (Lipinski definition) is 2. The fourth-order valence-electron chi connectivity index (χ4n) is 6.74. The summed E-state index contributed by atoms with van der Waals surface area (Å²) in [5.41, 5.74) is 10.9. The van der Waals surface area contributed by atoms with Crippen LogP contribution in [0.3, 0.4) is 0 Å². The van der Waals surface area contributed by atoms with E-state index in [1.165, 1.54) is 32.1 Å². The summed E-state index contributed by atoms with van der Waals surface area (Å²) in [6.07, 6.45) is 6.16. The summed E-state index contributed by atoms with van der Waals surface area (Å²) in [6, 6.07) is 16.2. The Balaban J connectivity index is 1.11. The molecule has 1 aliphatic carbocycles. The molecule has 0 radical (unpaired) electrons. The van der Waals surface area contributed by atoms with Gasteiger partial charge in [0.25, 0.3) is 5.91 Å². The van der Waals surface area contributed by atoms with E-state index in [4.69, 9.17) is 31.5 Å². The van der Waals surface area contributed by atoms with Gasteiger partial charge < -0.3 is 25.3 Å². The number of rotatable bonds is 15. The molecule has 0 unspecified atom stereocenters. The smallest absolute Gasteiger partial charge is 0.338 e. The summed E-state index contributed by atoms with van der Waals surface area (Å²) in [7, 11) is 1.57. The number of nitrogen functional groups attached to an aromatic ring is 1. The van der Waals surface area contributed by atoms with Crippen LogP contribution in [0.1, 0.15) is 76.6 Å². The van der Waals surface area contributed by atoms with Crippen molar-refractivity contribution in [3.8, 4) is 5.75 Å². The molecule has 1 fully saturated rings. The van der Waals surface area contributed by atoms with Crippen LogP contribution in [0.15, 0.2) is 59.1 Å². The van der Waals surface area contributed by atoms with E-state index in [1.54, 1.807) is 48.1 Å². The molecule has 0 bridgehead atoms. The maximum Gasteiger partial charge on any atom is 0.338 e. The first-order valence-electron chi connectivity index (χ1n) is 17.4. The summed E-state index contributed by atoms with van der Waals surface area (Å²) in [5, 5.41) is 4.42. The van der Waals surface area contributed by atoms with Crippen LogP contribution in [0.2, 0.25) is 5.02 Å². The van der Waals surface area contributed by atoms with E-state index in [0.29, 0.717) is 74.5 Å². The summed E-state index contributed by atoms with van der Waals surface area (Å²) in [5.74, 6) is -0.472. The number of aromatic nitrogens is 1. The number of nitrogens with two attached hydrogens (primary N) is 1. The molecule has 1 heterocycles. The summed E-state index contributed by atoms with van der Waals surface area (Å²) < 4.78 is 18.8. The fourth-order valence-corrected chi connectivity index (χ4v) is 7.37. The Morgan fingerprint density at radius 1 is 0.980 bits per heavy atom. The van der Waals surface area contributed by atoms with Gasteiger partial charge in [-0.15, -0.1) is 0 Å². The molecule has 5 rings (SSSR count). The van der Waals surface area contributed by atoms with Gasteiger partial charge in [-0.25, -0.2) is 4.79 Å². The second-order valence-corrected chi connectivity index (χ2v) is 14.1. The Kier molecular flexibility index (Phi) is 13.6. The molecule has 1 saturated carbocycles. The average molecular weight is 782 g/mol. The van der Waals surface area contributed by atoms with Crippen molar-refractivity contribution < 1.29 is 28.6 Å². The lowest BCUT2D eigenvalue weighted by Gasteiger charge is -2.34. The fraction of sp³-hybridized carbons (Fsp3) is 0.410. The lowest BCUT2D eigenvalue weighted by atomic mass is 9.93. The number of ether oxygens (including phenoxy) is 3. The molecule has 12 heteroatoms. The Labute approximate surface area is 312 Å². The molecule has 0 saturated heterocycles. The topological polar surface area (TPSA) is 125 Å². The minimum atomic E-state index is -0.429. The van der Waals surface area contributed by atoms with Crippen LogP contribution in [0.5, 0.6) is 5.75 Å². The Morgan fingerprint density at radius 3 is 2.37 bits per heavy atom. The third-order valence-electron chi connectivity index (χ3n) is 9.53. The van der Waals surface area contributed by atoms with Crippen LogP contribution < -0.4 is 15.8 Å². The molecular weight excluding hydrogens is 736 g/mol. The van der Waals surface area contributed by atoms with E-state index in [2.05, 4.69) is 33.1 Å². The maximum atomic E-state index is 13.5. The van der Waals surface area contributed by atoms with Crippen LogP contribution in [-0.2, 0) is 27.2 Å². The molecular formula is C39H46BrClN4O6. The highest BCUT2D eigenvalue weighted by molar-refractivity contribution is 9.10. The van der Waals surface area contributed by atoms with Crippen molar-refractivity contribution >= 4 is 62.0 Å². The van der Waals surface area contributed by atoms with E-state index in [1.807, 2.05) is 25.1 Å². The second-order valence-electron chi connectivity index (χ2n) is 12.8. The van der Waals surface area contributed by atoms with Gasteiger partial charge in [0.1, 0.15) is 19.0 Å². The van der Waals surface area contributed by atoms with E-state index in [-0.39, 0.29) is 25.5 Å². The van der Waals surface area contributed by atoms with Crippen molar-refractivity contribution in [3.05, 3.63) is 92.0 Å². The number of carbonyl (C=O) groups is 3. The van der Waals surface area contributed by atoms with Crippen LogP contribution in [0.4, 0.5) is 5.69 Å². The number of benzene rings is 3. The van der Waals surface area contributed by atoms with Gasteiger partial charge in [0.05, 0.1) is 30.3 Å². The van der Waals surface area contributed by atoms with Crippen LogP contribution >= 0.6 is 27.5 Å². The maximum absolute atomic E-state index is 13.5. The number of halogens is 2. The normalized spacial score (nSPS) is 13.5. The van der Waals surface area contributed by atoms with Gasteiger partial charge >= 0.3 is 11.9 Å². The zero-order chi connectivity index (χ0) is 36.5. The SMILES string of the molecule is CCN(Cc1cc(C(=O)OCCNCCOC(=O)Cc2c(C)n(C(=O)c3ccc(Cl)cc3)c3ccc(OC)cc23)cc(Br)c1N)C1CCCCC1. The number of nitrogens with one attached hydrogen (secondary N) is 1. The van der Waals surface area contributed by atoms with Crippen molar-refractivity contribution in [2.45, 2.75) is 65.0 Å². The zero-order valence-corrected chi connectivity index (χ0v) is 31.8. The first-order chi connectivity index (χ1) is 24.6. The number of fused-ring (bicyclic) bond motifs is 1. The van der Waals surface area contributed by atoms with Gasteiger partial charge in [-0.05, 0) is 108 Å². The highest BCUT2D eigenvalue weighted by Crippen LogP contribution is 2.32. The van der Waals surface area contributed by atoms with E-state index in [0.717, 1.165) is 17.5 Å². The summed E-state index contributed by atoms with van der Waals surface area (Å²) in [4.78, 5) is 41.9. The predicted molar refractivity (Wildman–Crippen MR) is 204 cm³/mol. The van der Waals surface area contributed by atoms with Crippen LogP contribution in [0, 0.1) is 6.92 Å². The molecule has 272 valence electrons. The number of nitrogens with zero attached hydrogens (tertiary/aromatic N) is 2. The predicted octanol–water partition coefficient (Wildman–Crippen LogP) is 7.33. The third-order valence-corrected chi connectivity index (χ3v) is 10.4. The summed E-state index contributed by atoms with van der Waals surface area (Å²) in [6.45, 7) is 6.61. The van der Waals surface area contributed by atoms with Crippen molar-refractivity contribution in [2.24, 2.45) is 0 Å². The van der Waals surface area contributed by atoms with Gasteiger partial charge in [-0.3, -0.25) is 19.1 Å². The Bertz CT molecular complexity index is 1850. The van der Waals surface area contributed by atoms with E-state index < -0.39 is 11.9 Å². The second kappa shape index (κ2) is 18.0. The minimum Gasteiger partial charge on any atom is -0.497 e. The molecule has 0 aliphatic heterocycles. The average Bonchev–Trinajstić information content (AvgIpc) is 3.41. The number of hydrogen-bond acceptors (Lipinski definition) is 9. The monoisotopic (exact) mass is 780 g/mol. The van der Waals surface area contributed by atoms with Crippen LogP contribution in [0.25, 0.3) is 10.9 Å². The molecule has 10 nitrogen and oxygen atoms in total. The molecule has 0 amide bonds. The highest BCUT2D eigenvalue weighted by Gasteiger charge is 2.24. The van der Waals surface area contributed by atoms with E-state index in [9.17, 15) is 14.4 Å². The number of esters is 2. The van der Waals surface area contributed by atoms with Gasteiger partial charge in [0.2, 0.25) is 0 Å². The molecule has 0 spiro atoms. The highest BCUT2D eigenvalue weighted by atomic mass is 79.9. The number of anilines is 1. The molecule has 4 aromatic rings. The molecule has 51 heavy (non-hydrogen) atoms.